The molecule has 1 aliphatic rings. The summed E-state index contributed by atoms with van der Waals surface area (Å²) in [6.07, 6.45) is 2.18. The summed E-state index contributed by atoms with van der Waals surface area (Å²) in [6, 6.07) is 15.3. The second-order valence-electron chi connectivity index (χ2n) is 8.46. The van der Waals surface area contributed by atoms with Crippen molar-refractivity contribution >= 4 is 38.7 Å². The quantitative estimate of drug-likeness (QED) is 0.467. The van der Waals surface area contributed by atoms with E-state index >= 15 is 0 Å². The number of fused-ring (bicyclic) bond motifs is 1. The zero-order valence-corrected chi connectivity index (χ0v) is 20.3. The maximum Gasteiger partial charge on any atom is 0.245 e. The Kier molecular flexibility index (Phi) is 7.69. The van der Waals surface area contributed by atoms with E-state index in [0.717, 1.165) is 31.2 Å². The van der Waals surface area contributed by atoms with Gasteiger partial charge in [0.2, 0.25) is 15.9 Å². The highest BCUT2D eigenvalue weighted by Gasteiger charge is 2.34. The standard InChI is InChI=1S/C23H29N5O3S2/c1-27(16-18-8-3-2-4-9-18)14-7-13-24-23(29)19-10-6-15-28(17-19)33(30,31)21-12-5-11-20-22(21)26-32-25-20/h2-5,8-9,11-12,19H,6-7,10,13-17H2,1H3,(H,24,29)/t19-/m0/s1. The van der Waals surface area contributed by atoms with Gasteiger partial charge in [0.15, 0.2) is 0 Å². The topological polar surface area (TPSA) is 95.5 Å². The molecule has 1 aliphatic heterocycles. The monoisotopic (exact) mass is 487 g/mol. The molecule has 1 N–H and O–H groups in total. The minimum absolute atomic E-state index is 0.0749. The van der Waals surface area contributed by atoms with E-state index in [1.165, 1.54) is 9.87 Å². The summed E-state index contributed by atoms with van der Waals surface area (Å²) in [6.45, 7) is 2.91. The van der Waals surface area contributed by atoms with Crippen LogP contribution in [0.2, 0.25) is 0 Å². The van der Waals surface area contributed by atoms with E-state index in [-0.39, 0.29) is 23.3 Å². The number of amides is 1. The summed E-state index contributed by atoms with van der Waals surface area (Å²) >= 11 is 0.998. The summed E-state index contributed by atoms with van der Waals surface area (Å²) in [5.41, 5.74) is 2.23. The van der Waals surface area contributed by atoms with Crippen LogP contribution in [0.4, 0.5) is 0 Å². The summed E-state index contributed by atoms with van der Waals surface area (Å²) < 4.78 is 36.3. The average Bonchev–Trinajstić information content (AvgIpc) is 3.31. The second-order valence-corrected chi connectivity index (χ2v) is 10.9. The lowest BCUT2D eigenvalue weighted by molar-refractivity contribution is -0.126. The minimum Gasteiger partial charge on any atom is -0.356 e. The second kappa shape index (κ2) is 10.7. The number of carbonyl (C=O) groups is 1. The first-order chi connectivity index (χ1) is 15.9. The molecule has 0 spiro atoms. The summed E-state index contributed by atoms with van der Waals surface area (Å²) in [4.78, 5) is 15.1. The first-order valence-corrected chi connectivity index (χ1v) is 13.3. The number of rotatable bonds is 9. The number of carbonyl (C=O) groups excluding carboxylic acids is 1. The molecule has 1 fully saturated rings. The van der Waals surface area contributed by atoms with Gasteiger partial charge in [0.05, 0.1) is 17.6 Å². The van der Waals surface area contributed by atoms with Crippen molar-refractivity contribution in [3.63, 3.8) is 0 Å². The van der Waals surface area contributed by atoms with E-state index in [9.17, 15) is 13.2 Å². The fourth-order valence-corrected chi connectivity index (χ4v) is 6.46. The highest BCUT2D eigenvalue weighted by molar-refractivity contribution is 7.89. The van der Waals surface area contributed by atoms with Gasteiger partial charge >= 0.3 is 0 Å². The van der Waals surface area contributed by atoms with Crippen LogP contribution in [-0.4, -0.2) is 65.5 Å². The molecule has 2 aromatic carbocycles. The van der Waals surface area contributed by atoms with E-state index < -0.39 is 10.0 Å². The van der Waals surface area contributed by atoms with E-state index in [0.29, 0.717) is 37.0 Å². The number of nitrogens with zero attached hydrogens (tertiary/aromatic N) is 4. The lowest BCUT2D eigenvalue weighted by atomic mass is 9.99. The molecular weight excluding hydrogens is 458 g/mol. The molecule has 4 rings (SSSR count). The SMILES string of the molecule is CN(CCCNC(=O)[C@H]1CCCN(S(=O)(=O)c2cccc3nsnc23)C1)Cc1ccccc1. The number of nitrogens with one attached hydrogen (secondary N) is 1. The first-order valence-electron chi connectivity index (χ1n) is 11.2. The van der Waals surface area contributed by atoms with Crippen molar-refractivity contribution in [2.45, 2.75) is 30.7 Å². The molecule has 1 aromatic heterocycles. The van der Waals surface area contributed by atoms with Gasteiger partial charge in [-0.05, 0) is 50.6 Å². The first kappa shape index (κ1) is 23.7. The Balaban J connectivity index is 1.28. The molecule has 8 nitrogen and oxygen atoms in total. The molecule has 0 radical (unpaired) electrons. The van der Waals surface area contributed by atoms with E-state index in [1.54, 1.807) is 18.2 Å². The van der Waals surface area contributed by atoms with Crippen LogP contribution in [-0.2, 0) is 21.4 Å². The van der Waals surface area contributed by atoms with Crippen LogP contribution < -0.4 is 5.32 Å². The number of hydrogen-bond acceptors (Lipinski definition) is 7. The zero-order valence-electron chi connectivity index (χ0n) is 18.7. The maximum absolute atomic E-state index is 13.3. The molecule has 10 heteroatoms. The molecule has 0 unspecified atom stereocenters. The Morgan fingerprint density at radius 3 is 2.82 bits per heavy atom. The Morgan fingerprint density at radius 2 is 2.00 bits per heavy atom. The Morgan fingerprint density at radius 1 is 1.18 bits per heavy atom. The number of aromatic nitrogens is 2. The van der Waals surface area contributed by atoms with Gasteiger partial charge in [0, 0.05) is 26.2 Å². The van der Waals surface area contributed by atoms with Crippen LogP contribution >= 0.6 is 11.7 Å². The van der Waals surface area contributed by atoms with Gasteiger partial charge in [0.1, 0.15) is 15.9 Å². The smallest absolute Gasteiger partial charge is 0.245 e. The van der Waals surface area contributed by atoms with Gasteiger partial charge in [0.25, 0.3) is 0 Å². The molecule has 0 bridgehead atoms. The maximum atomic E-state index is 13.3. The van der Waals surface area contributed by atoms with Crippen molar-refractivity contribution in [1.82, 2.24) is 23.3 Å². The van der Waals surface area contributed by atoms with Crippen molar-refractivity contribution in [2.24, 2.45) is 5.92 Å². The Hall–Kier alpha value is -2.40. The minimum atomic E-state index is -3.74. The van der Waals surface area contributed by atoms with Gasteiger partial charge in [-0.1, -0.05) is 36.4 Å². The lowest BCUT2D eigenvalue weighted by Crippen LogP contribution is -2.45. The summed E-state index contributed by atoms with van der Waals surface area (Å²) in [7, 11) is -1.67. The predicted octanol–water partition coefficient (Wildman–Crippen LogP) is 2.73. The number of hydrogen-bond donors (Lipinski definition) is 1. The van der Waals surface area contributed by atoms with Gasteiger partial charge in [-0.3, -0.25) is 4.79 Å². The van der Waals surface area contributed by atoms with E-state index in [4.69, 9.17) is 0 Å². The Labute approximate surface area is 199 Å². The molecule has 2 heterocycles. The highest BCUT2D eigenvalue weighted by Crippen LogP contribution is 2.28. The molecule has 33 heavy (non-hydrogen) atoms. The van der Waals surface area contributed by atoms with Crippen molar-refractivity contribution in [2.75, 3.05) is 33.2 Å². The molecule has 176 valence electrons. The van der Waals surface area contributed by atoms with Crippen molar-refractivity contribution in [3.05, 3.63) is 54.1 Å². The van der Waals surface area contributed by atoms with Crippen LogP contribution in [0.3, 0.4) is 0 Å². The predicted molar refractivity (Wildman–Crippen MR) is 129 cm³/mol. The number of sulfonamides is 1. The highest BCUT2D eigenvalue weighted by atomic mass is 32.2. The third kappa shape index (κ3) is 5.75. The molecule has 0 aliphatic carbocycles. The third-order valence-electron chi connectivity index (χ3n) is 5.93. The third-order valence-corrected chi connectivity index (χ3v) is 8.37. The molecule has 1 amide bonds. The average molecular weight is 488 g/mol. The number of piperidine rings is 1. The van der Waals surface area contributed by atoms with Crippen LogP contribution in [0.5, 0.6) is 0 Å². The molecular formula is C23H29N5O3S2. The van der Waals surface area contributed by atoms with Gasteiger partial charge in [-0.2, -0.15) is 13.1 Å². The summed E-state index contributed by atoms with van der Waals surface area (Å²) in [5.74, 6) is -0.419. The van der Waals surface area contributed by atoms with Gasteiger partial charge in [-0.25, -0.2) is 8.42 Å². The summed E-state index contributed by atoms with van der Waals surface area (Å²) in [5, 5.41) is 3.00. The molecule has 1 saturated heterocycles. The lowest BCUT2D eigenvalue weighted by Gasteiger charge is -2.31. The van der Waals surface area contributed by atoms with Crippen LogP contribution in [0.1, 0.15) is 24.8 Å². The Bertz CT molecular complexity index is 1180. The van der Waals surface area contributed by atoms with Gasteiger partial charge in [-0.15, -0.1) is 0 Å². The van der Waals surface area contributed by atoms with Crippen LogP contribution in [0.25, 0.3) is 11.0 Å². The van der Waals surface area contributed by atoms with Crippen molar-refractivity contribution in [3.8, 4) is 0 Å². The fourth-order valence-electron chi connectivity index (χ4n) is 4.18. The zero-order chi connectivity index (χ0) is 23.3. The molecule has 1 atom stereocenters. The van der Waals surface area contributed by atoms with Crippen LogP contribution in [0.15, 0.2) is 53.4 Å². The fraction of sp³-hybridized carbons (Fsp3) is 0.435. The number of benzene rings is 2. The van der Waals surface area contributed by atoms with Crippen molar-refractivity contribution < 1.29 is 13.2 Å². The molecule has 3 aromatic rings. The van der Waals surface area contributed by atoms with Crippen molar-refractivity contribution in [1.29, 1.82) is 0 Å². The van der Waals surface area contributed by atoms with Crippen LogP contribution in [0, 0.1) is 5.92 Å². The largest absolute Gasteiger partial charge is 0.356 e. The normalized spacial score (nSPS) is 17.5. The van der Waals surface area contributed by atoms with E-state index in [1.807, 2.05) is 18.2 Å². The van der Waals surface area contributed by atoms with Gasteiger partial charge < -0.3 is 10.2 Å². The molecule has 0 saturated carbocycles. The van der Waals surface area contributed by atoms with E-state index in [2.05, 4.69) is 38.1 Å².